The molecule has 0 unspecified atom stereocenters. The van der Waals surface area contributed by atoms with Gasteiger partial charge in [0.1, 0.15) is 0 Å². The van der Waals surface area contributed by atoms with Crippen LogP contribution in [0.4, 0.5) is 24.7 Å². The minimum atomic E-state index is -1.33. The Morgan fingerprint density at radius 3 is 2.33 bits per heavy atom. The maximum atomic E-state index is 13.3. The lowest BCUT2D eigenvalue weighted by Gasteiger charge is -2.07. The predicted molar refractivity (Wildman–Crippen MR) is 65.6 cm³/mol. The lowest BCUT2D eigenvalue weighted by Crippen LogP contribution is -2.01. The van der Waals surface area contributed by atoms with E-state index in [0.29, 0.717) is 11.8 Å². The van der Waals surface area contributed by atoms with Crippen LogP contribution in [-0.2, 0) is 0 Å². The summed E-state index contributed by atoms with van der Waals surface area (Å²) >= 11 is 1.56. The average Bonchev–Trinajstić information content (AvgIpc) is 2.37. The molecule has 94 valence electrons. The maximum absolute atomic E-state index is 13.3. The topological polar surface area (TPSA) is 24.9 Å². The Morgan fingerprint density at radius 2 is 1.72 bits per heavy atom. The number of anilines is 2. The number of hydrogen-bond donors (Lipinski definition) is 1. The van der Waals surface area contributed by atoms with Gasteiger partial charge in [0, 0.05) is 16.6 Å². The smallest absolute Gasteiger partial charge is 0.251 e. The summed E-state index contributed by atoms with van der Waals surface area (Å²) < 4.78 is 38.9. The van der Waals surface area contributed by atoms with Crippen LogP contribution in [-0.4, -0.2) is 11.2 Å². The predicted octanol–water partition coefficient (Wildman–Crippen LogP) is 3.96. The van der Waals surface area contributed by atoms with Crippen LogP contribution in [0.25, 0.3) is 0 Å². The molecule has 1 aromatic heterocycles. The molecule has 0 spiro atoms. The summed E-state index contributed by atoms with van der Waals surface area (Å²) in [5, 5.41) is 2.59. The van der Waals surface area contributed by atoms with Crippen molar-refractivity contribution in [3.05, 3.63) is 47.9 Å². The summed E-state index contributed by atoms with van der Waals surface area (Å²) in [6, 6.07) is 7.51. The van der Waals surface area contributed by atoms with Crippen LogP contribution in [0.5, 0.6) is 0 Å². The average molecular weight is 270 g/mol. The number of benzene rings is 1. The molecule has 0 fully saturated rings. The number of thioether (sulfide) groups is 1. The zero-order valence-corrected chi connectivity index (χ0v) is 10.2. The van der Waals surface area contributed by atoms with Gasteiger partial charge in [-0.3, -0.25) is 0 Å². The SMILES string of the molecule is CSc1ccc(Nc2nc(F)c(F)cc2F)cc1. The van der Waals surface area contributed by atoms with Crippen molar-refractivity contribution in [2.45, 2.75) is 4.90 Å². The van der Waals surface area contributed by atoms with Gasteiger partial charge in [0.05, 0.1) is 0 Å². The van der Waals surface area contributed by atoms with E-state index in [9.17, 15) is 13.2 Å². The molecule has 0 aliphatic carbocycles. The van der Waals surface area contributed by atoms with Crippen LogP contribution in [0.3, 0.4) is 0 Å². The summed E-state index contributed by atoms with van der Waals surface area (Å²) in [5.74, 6) is -3.93. The van der Waals surface area contributed by atoms with E-state index in [1.807, 2.05) is 18.4 Å². The Balaban J connectivity index is 2.25. The van der Waals surface area contributed by atoms with Gasteiger partial charge in [0.15, 0.2) is 17.5 Å². The molecule has 2 rings (SSSR count). The lowest BCUT2D eigenvalue weighted by molar-refractivity contribution is 0.467. The molecular weight excluding hydrogens is 261 g/mol. The van der Waals surface area contributed by atoms with Crippen molar-refractivity contribution in [2.75, 3.05) is 11.6 Å². The fraction of sp³-hybridized carbons (Fsp3) is 0.0833. The van der Waals surface area contributed by atoms with Crippen molar-refractivity contribution in [2.24, 2.45) is 0 Å². The van der Waals surface area contributed by atoms with E-state index < -0.39 is 17.6 Å². The summed E-state index contributed by atoms with van der Waals surface area (Å²) in [7, 11) is 0. The maximum Gasteiger partial charge on any atom is 0.251 e. The first kappa shape index (κ1) is 12.8. The minimum absolute atomic E-state index is 0.342. The Kier molecular flexibility index (Phi) is 3.76. The van der Waals surface area contributed by atoms with E-state index in [1.165, 1.54) is 0 Å². The van der Waals surface area contributed by atoms with E-state index in [0.717, 1.165) is 4.90 Å². The third-order valence-corrected chi connectivity index (χ3v) is 2.98. The number of rotatable bonds is 3. The molecule has 0 bridgehead atoms. The van der Waals surface area contributed by atoms with Gasteiger partial charge in [-0.2, -0.15) is 9.37 Å². The monoisotopic (exact) mass is 270 g/mol. The molecule has 6 heteroatoms. The molecule has 0 radical (unpaired) electrons. The van der Waals surface area contributed by atoms with Gasteiger partial charge in [-0.1, -0.05) is 0 Å². The van der Waals surface area contributed by atoms with Crippen molar-refractivity contribution < 1.29 is 13.2 Å². The van der Waals surface area contributed by atoms with Crippen molar-refractivity contribution in [1.82, 2.24) is 4.98 Å². The molecule has 0 amide bonds. The normalized spacial score (nSPS) is 10.4. The highest BCUT2D eigenvalue weighted by Gasteiger charge is 2.11. The van der Waals surface area contributed by atoms with E-state index >= 15 is 0 Å². The summed E-state index contributed by atoms with van der Waals surface area (Å²) in [4.78, 5) is 4.22. The Bertz CT molecular complexity index is 558. The van der Waals surface area contributed by atoms with Gasteiger partial charge in [-0.25, -0.2) is 8.78 Å². The molecule has 0 atom stereocenters. The van der Waals surface area contributed by atoms with Gasteiger partial charge < -0.3 is 5.32 Å². The molecular formula is C12H9F3N2S. The highest BCUT2D eigenvalue weighted by Crippen LogP contribution is 2.22. The lowest BCUT2D eigenvalue weighted by atomic mass is 10.3. The van der Waals surface area contributed by atoms with Crippen LogP contribution in [0.2, 0.25) is 0 Å². The zero-order chi connectivity index (χ0) is 13.1. The molecule has 0 aliphatic heterocycles. The summed E-state index contributed by atoms with van der Waals surface area (Å²) in [6.45, 7) is 0. The van der Waals surface area contributed by atoms with Crippen molar-refractivity contribution >= 4 is 23.3 Å². The molecule has 1 N–H and O–H groups in total. The quantitative estimate of drug-likeness (QED) is 0.675. The van der Waals surface area contributed by atoms with E-state index in [-0.39, 0.29) is 5.82 Å². The Hall–Kier alpha value is -1.69. The van der Waals surface area contributed by atoms with Crippen LogP contribution >= 0.6 is 11.8 Å². The van der Waals surface area contributed by atoms with E-state index in [1.54, 1.807) is 23.9 Å². The number of nitrogens with zero attached hydrogens (tertiary/aromatic N) is 1. The first-order valence-corrected chi connectivity index (χ1v) is 6.25. The van der Waals surface area contributed by atoms with Crippen LogP contribution < -0.4 is 5.32 Å². The van der Waals surface area contributed by atoms with Gasteiger partial charge >= 0.3 is 0 Å². The molecule has 0 saturated carbocycles. The van der Waals surface area contributed by atoms with Gasteiger partial charge in [0.25, 0.3) is 5.95 Å². The number of nitrogens with one attached hydrogen (secondary N) is 1. The Labute approximate surface area is 106 Å². The number of hydrogen-bond acceptors (Lipinski definition) is 3. The summed E-state index contributed by atoms with van der Waals surface area (Å²) in [5.41, 5.74) is 0.546. The molecule has 1 heterocycles. The number of pyridine rings is 1. The zero-order valence-electron chi connectivity index (χ0n) is 9.38. The van der Waals surface area contributed by atoms with Gasteiger partial charge in [0.2, 0.25) is 0 Å². The fourth-order valence-corrected chi connectivity index (χ4v) is 1.75. The summed E-state index contributed by atoms with van der Waals surface area (Å²) in [6.07, 6.45) is 1.93. The number of aromatic nitrogens is 1. The molecule has 2 nitrogen and oxygen atoms in total. The van der Waals surface area contributed by atoms with Crippen molar-refractivity contribution in [3.63, 3.8) is 0 Å². The van der Waals surface area contributed by atoms with E-state index in [4.69, 9.17) is 0 Å². The van der Waals surface area contributed by atoms with Crippen LogP contribution in [0.15, 0.2) is 35.2 Å². The Morgan fingerprint density at radius 1 is 1.06 bits per heavy atom. The first-order chi connectivity index (χ1) is 8.60. The third kappa shape index (κ3) is 2.76. The largest absolute Gasteiger partial charge is 0.338 e. The molecule has 1 aromatic carbocycles. The minimum Gasteiger partial charge on any atom is -0.338 e. The third-order valence-electron chi connectivity index (χ3n) is 2.24. The second-order valence-electron chi connectivity index (χ2n) is 3.44. The van der Waals surface area contributed by atoms with Crippen LogP contribution in [0.1, 0.15) is 0 Å². The van der Waals surface area contributed by atoms with Crippen LogP contribution in [0, 0.1) is 17.6 Å². The molecule has 2 aromatic rings. The highest BCUT2D eigenvalue weighted by atomic mass is 32.2. The van der Waals surface area contributed by atoms with Gasteiger partial charge in [-0.05, 0) is 30.5 Å². The molecule has 0 saturated heterocycles. The fourth-order valence-electron chi connectivity index (χ4n) is 1.34. The van der Waals surface area contributed by atoms with E-state index in [2.05, 4.69) is 10.3 Å². The first-order valence-electron chi connectivity index (χ1n) is 5.03. The second-order valence-corrected chi connectivity index (χ2v) is 4.32. The highest BCUT2D eigenvalue weighted by molar-refractivity contribution is 7.98. The second kappa shape index (κ2) is 5.30. The standard InChI is InChI=1S/C12H9F3N2S/c1-18-8-4-2-7(3-5-8)16-12-10(14)6-9(13)11(15)17-12/h2-6H,1H3,(H,16,17). The van der Waals surface area contributed by atoms with Gasteiger partial charge in [-0.15, -0.1) is 11.8 Å². The van der Waals surface area contributed by atoms with Crippen molar-refractivity contribution in [1.29, 1.82) is 0 Å². The molecule has 0 aliphatic rings. The molecule has 18 heavy (non-hydrogen) atoms. The van der Waals surface area contributed by atoms with Crippen molar-refractivity contribution in [3.8, 4) is 0 Å². The number of halogens is 3.